The van der Waals surface area contributed by atoms with E-state index < -0.39 is 12.0 Å². The zero-order valence-electron chi connectivity index (χ0n) is 12.1. The molecule has 1 rings (SSSR count). The van der Waals surface area contributed by atoms with Gasteiger partial charge in [0, 0.05) is 32.9 Å². The summed E-state index contributed by atoms with van der Waals surface area (Å²) < 4.78 is 4.95. The Bertz CT molecular complexity index is 481. The van der Waals surface area contributed by atoms with E-state index in [1.165, 1.54) is 12.3 Å². The van der Waals surface area contributed by atoms with Crippen molar-refractivity contribution in [2.45, 2.75) is 0 Å². The first-order chi connectivity index (χ1) is 10.0. The molecule has 0 saturated carbocycles. The maximum Gasteiger partial charge on any atom is 0.356 e. The first-order valence-electron chi connectivity index (χ1n) is 6.45. The number of amides is 2. The predicted molar refractivity (Wildman–Crippen MR) is 77.6 cm³/mol. The van der Waals surface area contributed by atoms with Crippen LogP contribution in [0.1, 0.15) is 10.5 Å². The molecule has 0 unspecified atom stereocenters. The number of nitrogens with zero attached hydrogens (tertiary/aromatic N) is 2. The summed E-state index contributed by atoms with van der Waals surface area (Å²) in [7, 11) is 3.55. The summed E-state index contributed by atoms with van der Waals surface area (Å²) in [5, 5.41) is 14.1. The molecule has 0 fully saturated rings. The molecule has 0 radical (unpaired) electrons. The molecule has 0 aliphatic heterocycles. The number of carbonyl (C=O) groups excluding carboxylic acids is 1. The molecule has 1 heterocycles. The zero-order valence-corrected chi connectivity index (χ0v) is 12.1. The minimum atomic E-state index is -1.19. The molecule has 0 saturated heterocycles. The number of rotatable bonds is 8. The fraction of sp³-hybridized carbons (Fsp3) is 0.462. The standard InChI is InChI=1S/C13H20N4O4/c1-17(8-9-21-2)7-6-15-13(20)16-10-4-3-5-14-11(10)12(18)19/h3-5H,6-9H2,1-2H3,(H,18,19)(H2,15,16,20). The summed E-state index contributed by atoms with van der Waals surface area (Å²) in [5.74, 6) is -1.19. The van der Waals surface area contributed by atoms with E-state index in [1.54, 1.807) is 13.2 Å². The lowest BCUT2D eigenvalue weighted by Gasteiger charge is -2.16. The van der Waals surface area contributed by atoms with E-state index in [4.69, 9.17) is 9.84 Å². The van der Waals surface area contributed by atoms with E-state index in [1.807, 2.05) is 11.9 Å². The highest BCUT2D eigenvalue weighted by atomic mass is 16.5. The Morgan fingerprint density at radius 1 is 1.43 bits per heavy atom. The number of pyridine rings is 1. The smallest absolute Gasteiger partial charge is 0.356 e. The van der Waals surface area contributed by atoms with E-state index in [0.29, 0.717) is 19.7 Å². The van der Waals surface area contributed by atoms with Crippen LogP contribution in [0.2, 0.25) is 0 Å². The van der Waals surface area contributed by atoms with Crippen LogP contribution in [-0.4, -0.2) is 67.4 Å². The van der Waals surface area contributed by atoms with E-state index in [9.17, 15) is 9.59 Å². The summed E-state index contributed by atoms with van der Waals surface area (Å²) in [5.41, 5.74) is -0.0277. The number of carboxylic acids is 1. The second-order valence-electron chi connectivity index (χ2n) is 4.38. The van der Waals surface area contributed by atoms with Crippen LogP contribution in [0.3, 0.4) is 0 Å². The SMILES string of the molecule is COCCN(C)CCNC(=O)Nc1cccnc1C(=O)O. The van der Waals surface area contributed by atoms with Crippen LogP contribution in [0.5, 0.6) is 0 Å². The molecule has 1 aromatic heterocycles. The number of carboxylic acid groups (broad SMARTS) is 1. The monoisotopic (exact) mass is 296 g/mol. The molecule has 0 spiro atoms. The lowest BCUT2D eigenvalue weighted by Crippen LogP contribution is -2.36. The second kappa shape index (κ2) is 8.88. The Morgan fingerprint density at radius 3 is 2.86 bits per heavy atom. The van der Waals surface area contributed by atoms with Crippen molar-refractivity contribution in [3.05, 3.63) is 24.0 Å². The summed E-state index contributed by atoms with van der Waals surface area (Å²) in [4.78, 5) is 28.4. The van der Waals surface area contributed by atoms with E-state index >= 15 is 0 Å². The van der Waals surface area contributed by atoms with Gasteiger partial charge in [-0.25, -0.2) is 14.6 Å². The first kappa shape index (κ1) is 16.9. The van der Waals surface area contributed by atoms with Crippen molar-refractivity contribution in [2.24, 2.45) is 0 Å². The zero-order chi connectivity index (χ0) is 15.7. The molecule has 21 heavy (non-hydrogen) atoms. The maximum atomic E-state index is 11.7. The van der Waals surface area contributed by atoms with Gasteiger partial charge in [0.2, 0.25) is 0 Å². The van der Waals surface area contributed by atoms with Crippen molar-refractivity contribution in [3.8, 4) is 0 Å². The lowest BCUT2D eigenvalue weighted by atomic mass is 10.3. The van der Waals surface area contributed by atoms with Gasteiger partial charge < -0.3 is 25.4 Å². The number of ether oxygens (including phenoxy) is 1. The van der Waals surface area contributed by atoms with Crippen LogP contribution in [0, 0.1) is 0 Å². The van der Waals surface area contributed by atoms with E-state index in [2.05, 4.69) is 15.6 Å². The van der Waals surface area contributed by atoms with Crippen molar-refractivity contribution in [3.63, 3.8) is 0 Å². The Morgan fingerprint density at radius 2 is 2.19 bits per heavy atom. The number of aromatic carboxylic acids is 1. The number of aromatic nitrogens is 1. The summed E-state index contributed by atoms with van der Waals surface area (Å²) in [6, 6.07) is 2.58. The van der Waals surface area contributed by atoms with E-state index in [-0.39, 0.29) is 11.4 Å². The van der Waals surface area contributed by atoms with Crippen molar-refractivity contribution in [2.75, 3.05) is 45.7 Å². The number of hydrogen-bond acceptors (Lipinski definition) is 5. The first-order valence-corrected chi connectivity index (χ1v) is 6.45. The highest BCUT2D eigenvalue weighted by Crippen LogP contribution is 2.11. The van der Waals surface area contributed by atoms with Crippen molar-refractivity contribution < 1.29 is 19.4 Å². The molecule has 3 N–H and O–H groups in total. The molecule has 116 valence electrons. The topological polar surface area (TPSA) is 104 Å². The summed E-state index contributed by atoms with van der Waals surface area (Å²) in [6.07, 6.45) is 1.36. The molecule has 0 aliphatic rings. The van der Waals surface area contributed by atoms with Gasteiger partial charge in [0.1, 0.15) is 0 Å². The molecule has 0 bridgehead atoms. The molecule has 0 aromatic carbocycles. The van der Waals surface area contributed by atoms with Gasteiger partial charge in [-0.1, -0.05) is 0 Å². The fourth-order valence-electron chi connectivity index (χ4n) is 1.56. The molecule has 1 aromatic rings. The Hall–Kier alpha value is -2.19. The van der Waals surface area contributed by atoms with Crippen molar-refractivity contribution >= 4 is 17.7 Å². The van der Waals surface area contributed by atoms with Crippen LogP contribution in [-0.2, 0) is 4.74 Å². The number of likely N-dealkylation sites (N-methyl/N-ethyl adjacent to an activating group) is 1. The van der Waals surface area contributed by atoms with Gasteiger partial charge in [-0.15, -0.1) is 0 Å². The molecular weight excluding hydrogens is 276 g/mol. The minimum absolute atomic E-state index is 0.162. The Labute approximate surface area is 123 Å². The van der Waals surface area contributed by atoms with Gasteiger partial charge in [0.25, 0.3) is 0 Å². The van der Waals surface area contributed by atoms with Gasteiger partial charge in [-0.05, 0) is 19.2 Å². The van der Waals surface area contributed by atoms with Crippen LogP contribution < -0.4 is 10.6 Å². The average Bonchev–Trinajstić information content (AvgIpc) is 2.45. The quantitative estimate of drug-likeness (QED) is 0.644. The number of hydrogen-bond donors (Lipinski definition) is 3. The Kier molecular flexibility index (Phi) is 7.13. The molecule has 0 atom stereocenters. The fourth-order valence-corrected chi connectivity index (χ4v) is 1.56. The number of carbonyl (C=O) groups is 2. The van der Waals surface area contributed by atoms with Gasteiger partial charge in [0.15, 0.2) is 5.69 Å². The van der Waals surface area contributed by atoms with Gasteiger partial charge in [-0.2, -0.15) is 0 Å². The summed E-state index contributed by atoms with van der Waals surface area (Å²) >= 11 is 0. The molecular formula is C13H20N4O4. The van der Waals surface area contributed by atoms with E-state index in [0.717, 1.165) is 6.54 Å². The highest BCUT2D eigenvalue weighted by molar-refractivity contribution is 5.98. The molecule has 0 aliphatic carbocycles. The number of urea groups is 1. The van der Waals surface area contributed by atoms with Crippen molar-refractivity contribution in [1.29, 1.82) is 0 Å². The lowest BCUT2D eigenvalue weighted by molar-refractivity contribution is 0.0691. The largest absolute Gasteiger partial charge is 0.476 e. The number of anilines is 1. The number of nitrogens with one attached hydrogen (secondary N) is 2. The van der Waals surface area contributed by atoms with Gasteiger partial charge >= 0.3 is 12.0 Å². The van der Waals surface area contributed by atoms with Gasteiger partial charge in [0.05, 0.1) is 12.3 Å². The molecule has 2 amide bonds. The second-order valence-corrected chi connectivity index (χ2v) is 4.38. The summed E-state index contributed by atoms with van der Waals surface area (Å²) in [6.45, 7) is 2.50. The molecule has 8 heteroatoms. The maximum absolute atomic E-state index is 11.7. The van der Waals surface area contributed by atoms with Crippen molar-refractivity contribution in [1.82, 2.24) is 15.2 Å². The number of methoxy groups -OCH3 is 1. The molecule has 8 nitrogen and oxygen atoms in total. The average molecular weight is 296 g/mol. The van der Waals surface area contributed by atoms with Crippen LogP contribution in [0.4, 0.5) is 10.5 Å². The van der Waals surface area contributed by atoms with Crippen LogP contribution in [0.15, 0.2) is 18.3 Å². The van der Waals surface area contributed by atoms with Gasteiger partial charge in [-0.3, -0.25) is 0 Å². The van der Waals surface area contributed by atoms with Crippen LogP contribution >= 0.6 is 0 Å². The third kappa shape index (κ3) is 6.19. The highest BCUT2D eigenvalue weighted by Gasteiger charge is 2.12. The minimum Gasteiger partial charge on any atom is -0.476 e. The van der Waals surface area contributed by atoms with Crippen LogP contribution in [0.25, 0.3) is 0 Å². The normalized spacial score (nSPS) is 10.4. The Balaban J connectivity index is 2.39. The third-order valence-corrected chi connectivity index (χ3v) is 2.71. The predicted octanol–water partition coefficient (Wildman–Crippen LogP) is 0.480. The third-order valence-electron chi connectivity index (χ3n) is 2.71.